The number of ether oxygens (including phenoxy) is 1. The van der Waals surface area contributed by atoms with Crippen LogP contribution in [0.15, 0.2) is 18.3 Å². The summed E-state index contributed by atoms with van der Waals surface area (Å²) in [4.78, 5) is 19.2. The van der Waals surface area contributed by atoms with Crippen LogP contribution in [0.1, 0.15) is 43.0 Å². The third kappa shape index (κ3) is 3.14. The molecule has 3 fully saturated rings. The molecule has 2 saturated carbocycles. The van der Waals surface area contributed by atoms with Crippen LogP contribution in [0, 0.1) is 17.8 Å². The van der Waals surface area contributed by atoms with E-state index in [1.807, 2.05) is 12.1 Å². The van der Waals surface area contributed by atoms with Crippen molar-refractivity contribution in [2.75, 3.05) is 31.2 Å². The van der Waals surface area contributed by atoms with Crippen LogP contribution in [0.2, 0.25) is 0 Å². The number of amides is 1. The Morgan fingerprint density at radius 1 is 1.29 bits per heavy atom. The molecule has 2 heterocycles. The van der Waals surface area contributed by atoms with Gasteiger partial charge in [-0.3, -0.25) is 4.79 Å². The molecular formula is C19H27N3O2. The highest BCUT2D eigenvalue weighted by Crippen LogP contribution is 2.49. The van der Waals surface area contributed by atoms with Gasteiger partial charge in [-0.15, -0.1) is 0 Å². The molecule has 1 saturated heterocycles. The highest BCUT2D eigenvalue weighted by molar-refractivity contribution is 5.94. The van der Waals surface area contributed by atoms with E-state index in [4.69, 9.17) is 4.74 Å². The second-order valence-corrected chi connectivity index (χ2v) is 7.61. The molecule has 2 aliphatic carbocycles. The lowest BCUT2D eigenvalue weighted by Gasteiger charge is -2.29. The number of pyridine rings is 1. The molecule has 4 rings (SSSR count). The molecule has 1 aliphatic heterocycles. The van der Waals surface area contributed by atoms with Crippen molar-refractivity contribution >= 4 is 11.7 Å². The zero-order valence-corrected chi connectivity index (χ0v) is 14.4. The van der Waals surface area contributed by atoms with Gasteiger partial charge >= 0.3 is 0 Å². The van der Waals surface area contributed by atoms with Crippen LogP contribution >= 0.6 is 0 Å². The number of carbonyl (C=O) groups is 1. The first-order chi connectivity index (χ1) is 11.7. The van der Waals surface area contributed by atoms with Gasteiger partial charge in [0, 0.05) is 25.3 Å². The number of fused-ring (bicyclic) bond motifs is 2. The quantitative estimate of drug-likeness (QED) is 0.922. The summed E-state index contributed by atoms with van der Waals surface area (Å²) in [5.41, 5.74) is 0.655. The van der Waals surface area contributed by atoms with Crippen LogP contribution in [0.5, 0.6) is 0 Å². The van der Waals surface area contributed by atoms with E-state index in [1.165, 1.54) is 25.7 Å². The Hall–Kier alpha value is -1.62. The van der Waals surface area contributed by atoms with Crippen LogP contribution < -0.4 is 10.2 Å². The van der Waals surface area contributed by atoms with E-state index in [0.29, 0.717) is 11.5 Å². The normalized spacial score (nSPS) is 30.4. The van der Waals surface area contributed by atoms with E-state index in [9.17, 15) is 4.79 Å². The van der Waals surface area contributed by atoms with Crippen LogP contribution in [0.3, 0.4) is 0 Å². The van der Waals surface area contributed by atoms with Crippen molar-refractivity contribution in [1.82, 2.24) is 10.3 Å². The van der Waals surface area contributed by atoms with Gasteiger partial charge in [0.2, 0.25) is 0 Å². The summed E-state index contributed by atoms with van der Waals surface area (Å²) < 4.78 is 5.36. The molecular weight excluding hydrogens is 302 g/mol. The Morgan fingerprint density at radius 3 is 2.75 bits per heavy atom. The number of nitrogens with zero attached hydrogens (tertiary/aromatic N) is 2. The largest absolute Gasteiger partial charge is 0.378 e. The Kier molecular flexibility index (Phi) is 4.44. The van der Waals surface area contributed by atoms with Gasteiger partial charge in [0.15, 0.2) is 0 Å². The summed E-state index contributed by atoms with van der Waals surface area (Å²) in [6, 6.07) is 4.09. The van der Waals surface area contributed by atoms with Gasteiger partial charge in [-0.05, 0) is 56.1 Å². The van der Waals surface area contributed by atoms with Gasteiger partial charge in [-0.1, -0.05) is 6.42 Å². The summed E-state index contributed by atoms with van der Waals surface area (Å²) in [5.74, 6) is 3.33. The lowest BCUT2D eigenvalue weighted by atomic mass is 9.84. The summed E-state index contributed by atoms with van der Waals surface area (Å²) in [6.45, 7) is 5.37. The molecule has 1 aromatic heterocycles. The lowest BCUT2D eigenvalue weighted by Crippen LogP contribution is -2.40. The van der Waals surface area contributed by atoms with Gasteiger partial charge in [-0.2, -0.15) is 0 Å². The highest BCUT2D eigenvalue weighted by Gasteiger charge is 2.42. The number of anilines is 1. The first-order valence-corrected chi connectivity index (χ1v) is 9.30. The molecule has 5 nitrogen and oxygen atoms in total. The first kappa shape index (κ1) is 15.9. The molecule has 1 aromatic rings. The van der Waals surface area contributed by atoms with Gasteiger partial charge in [-0.25, -0.2) is 4.98 Å². The molecule has 5 heteroatoms. The second-order valence-electron chi connectivity index (χ2n) is 7.61. The topological polar surface area (TPSA) is 54.5 Å². The maximum absolute atomic E-state index is 12.5. The van der Waals surface area contributed by atoms with Crippen molar-refractivity contribution in [2.45, 2.75) is 38.6 Å². The Morgan fingerprint density at radius 2 is 2.12 bits per heavy atom. The fraction of sp³-hybridized carbons (Fsp3) is 0.684. The van der Waals surface area contributed by atoms with Crippen LogP contribution in [0.25, 0.3) is 0 Å². The molecule has 0 aromatic carbocycles. The van der Waals surface area contributed by atoms with E-state index in [1.54, 1.807) is 6.20 Å². The lowest BCUT2D eigenvalue weighted by molar-refractivity contribution is 0.0915. The second kappa shape index (κ2) is 6.71. The van der Waals surface area contributed by atoms with E-state index < -0.39 is 0 Å². The number of hydrogen-bond acceptors (Lipinski definition) is 4. The SMILES string of the molecule is C[C@@H](NC(=O)c1ccc(N2CCOCC2)nc1)[C@H]1C[C@H]2CC[C@H]1C2. The molecule has 1 amide bonds. The molecule has 1 N–H and O–H groups in total. The predicted molar refractivity (Wildman–Crippen MR) is 93.1 cm³/mol. The third-order valence-electron chi connectivity index (χ3n) is 6.14. The van der Waals surface area contributed by atoms with Gasteiger partial charge in [0.05, 0.1) is 18.8 Å². The van der Waals surface area contributed by atoms with Crippen LogP contribution in [-0.2, 0) is 4.74 Å². The van der Waals surface area contributed by atoms with Crippen LogP contribution in [-0.4, -0.2) is 43.2 Å². The highest BCUT2D eigenvalue weighted by atomic mass is 16.5. The summed E-state index contributed by atoms with van der Waals surface area (Å²) >= 11 is 0. The molecule has 24 heavy (non-hydrogen) atoms. The predicted octanol–water partition coefficient (Wildman–Crippen LogP) is 2.47. The Balaban J connectivity index is 1.35. The monoisotopic (exact) mass is 329 g/mol. The minimum Gasteiger partial charge on any atom is -0.378 e. The van der Waals surface area contributed by atoms with Gasteiger partial charge < -0.3 is 15.0 Å². The van der Waals surface area contributed by atoms with Crippen molar-refractivity contribution in [2.24, 2.45) is 17.8 Å². The first-order valence-electron chi connectivity index (χ1n) is 9.30. The molecule has 0 unspecified atom stereocenters. The summed E-state index contributed by atoms with van der Waals surface area (Å²) in [7, 11) is 0. The van der Waals surface area contributed by atoms with E-state index in [-0.39, 0.29) is 11.9 Å². The van der Waals surface area contributed by atoms with Crippen molar-refractivity contribution in [3.63, 3.8) is 0 Å². The maximum Gasteiger partial charge on any atom is 0.253 e. The molecule has 0 spiro atoms. The fourth-order valence-corrected chi connectivity index (χ4v) is 4.80. The molecule has 3 aliphatic rings. The molecule has 2 bridgehead atoms. The standard InChI is InChI=1S/C19H27N3O2/c1-13(17-11-14-2-3-15(17)10-14)21-19(23)16-4-5-18(20-12-16)22-6-8-24-9-7-22/h4-5,12-15,17H,2-3,6-11H2,1H3,(H,21,23)/t13-,14+,15+,17-/m1/s1. The minimum atomic E-state index is 0.00583. The minimum absolute atomic E-state index is 0.00583. The third-order valence-corrected chi connectivity index (χ3v) is 6.14. The Labute approximate surface area is 143 Å². The maximum atomic E-state index is 12.5. The van der Waals surface area contributed by atoms with Crippen LogP contribution in [0.4, 0.5) is 5.82 Å². The van der Waals surface area contributed by atoms with Gasteiger partial charge in [0.25, 0.3) is 5.91 Å². The number of rotatable bonds is 4. The molecule has 130 valence electrons. The van der Waals surface area contributed by atoms with E-state index >= 15 is 0 Å². The zero-order valence-electron chi connectivity index (χ0n) is 14.4. The summed E-state index contributed by atoms with van der Waals surface area (Å²) in [5, 5.41) is 3.21. The number of morpholine rings is 1. The summed E-state index contributed by atoms with van der Waals surface area (Å²) in [6.07, 6.45) is 7.12. The van der Waals surface area contributed by atoms with Gasteiger partial charge in [0.1, 0.15) is 5.82 Å². The average molecular weight is 329 g/mol. The Bertz CT molecular complexity index is 583. The molecule has 4 atom stereocenters. The van der Waals surface area contributed by atoms with Crippen molar-refractivity contribution < 1.29 is 9.53 Å². The number of hydrogen-bond donors (Lipinski definition) is 1. The smallest absolute Gasteiger partial charge is 0.253 e. The number of nitrogens with one attached hydrogen (secondary N) is 1. The number of aromatic nitrogens is 1. The van der Waals surface area contributed by atoms with Crippen molar-refractivity contribution in [3.8, 4) is 0 Å². The van der Waals surface area contributed by atoms with E-state index in [0.717, 1.165) is 44.0 Å². The number of carbonyl (C=O) groups excluding carboxylic acids is 1. The fourth-order valence-electron chi connectivity index (χ4n) is 4.80. The average Bonchev–Trinajstić information content (AvgIpc) is 3.26. The van der Waals surface area contributed by atoms with Crippen molar-refractivity contribution in [3.05, 3.63) is 23.9 Å². The molecule has 0 radical (unpaired) electrons. The van der Waals surface area contributed by atoms with E-state index in [2.05, 4.69) is 22.1 Å². The van der Waals surface area contributed by atoms with Crippen molar-refractivity contribution in [1.29, 1.82) is 0 Å². The zero-order chi connectivity index (χ0) is 16.5.